The second-order valence-corrected chi connectivity index (χ2v) is 6.16. The smallest absolute Gasteiger partial charge is 0.407 e. The van der Waals surface area contributed by atoms with Crippen molar-refractivity contribution >= 4 is 6.09 Å². The van der Waals surface area contributed by atoms with Crippen LogP contribution in [0, 0.1) is 34.8 Å². The van der Waals surface area contributed by atoms with Gasteiger partial charge in [0.15, 0.2) is 11.6 Å². The van der Waals surface area contributed by atoms with Crippen molar-refractivity contribution in [1.82, 2.24) is 10.3 Å². The third-order valence-electron chi connectivity index (χ3n) is 4.00. The van der Waals surface area contributed by atoms with E-state index < -0.39 is 17.7 Å². The number of nitrogens with zero attached hydrogens (tertiary/aromatic N) is 2. The minimum Gasteiger partial charge on any atom is -0.447 e. The van der Waals surface area contributed by atoms with Crippen molar-refractivity contribution < 1.29 is 18.3 Å². The third-order valence-corrected chi connectivity index (χ3v) is 4.00. The van der Waals surface area contributed by atoms with E-state index in [1.165, 1.54) is 12.1 Å². The van der Waals surface area contributed by atoms with Crippen LogP contribution in [0.15, 0.2) is 67.0 Å². The Morgan fingerprint density at radius 2 is 1.67 bits per heavy atom. The zero-order chi connectivity index (χ0) is 21.3. The summed E-state index contributed by atoms with van der Waals surface area (Å²) in [5.41, 5.74) is 2.93. The van der Waals surface area contributed by atoms with Crippen LogP contribution in [-0.4, -0.2) is 17.7 Å². The number of benzene rings is 2. The molecule has 1 aromatic heterocycles. The monoisotopic (exact) mass is 403 g/mol. The molecule has 1 saturated heterocycles. The summed E-state index contributed by atoms with van der Waals surface area (Å²) in [6.07, 6.45) is 2.92. The number of rotatable bonds is 1. The zero-order valence-corrected chi connectivity index (χ0v) is 15.6. The number of nitriles is 1. The van der Waals surface area contributed by atoms with E-state index in [9.17, 15) is 13.6 Å². The number of halogens is 2. The quantitative estimate of drug-likeness (QED) is 0.621. The van der Waals surface area contributed by atoms with Crippen molar-refractivity contribution in [3.05, 3.63) is 101 Å². The molecule has 2 aromatic carbocycles. The first kappa shape index (κ1) is 20.5. The normalized spacial score (nSPS) is 14.2. The molecular formula is C23H15F2N3O2. The predicted molar refractivity (Wildman–Crippen MR) is 105 cm³/mol. The average Bonchev–Trinajstić information content (AvgIpc) is 3.22. The molecule has 0 spiro atoms. The number of cyclic esters (lactones) is 1. The summed E-state index contributed by atoms with van der Waals surface area (Å²) in [4.78, 5) is 15.2. The maximum absolute atomic E-state index is 11.9. The summed E-state index contributed by atoms with van der Waals surface area (Å²) in [5.74, 6) is 4.42. The van der Waals surface area contributed by atoms with E-state index in [0.717, 1.165) is 28.8 Å². The molecule has 1 N–H and O–H groups in total. The van der Waals surface area contributed by atoms with Crippen LogP contribution >= 0.6 is 0 Å². The highest BCUT2D eigenvalue weighted by Crippen LogP contribution is 2.17. The number of nitrogens with one attached hydrogen (secondary N) is 1. The Morgan fingerprint density at radius 3 is 2.30 bits per heavy atom. The second kappa shape index (κ2) is 9.81. The molecule has 0 saturated carbocycles. The van der Waals surface area contributed by atoms with Gasteiger partial charge < -0.3 is 10.1 Å². The van der Waals surface area contributed by atoms with Gasteiger partial charge >= 0.3 is 6.09 Å². The van der Waals surface area contributed by atoms with Crippen LogP contribution in [0.4, 0.5) is 13.6 Å². The third kappa shape index (κ3) is 5.63. The van der Waals surface area contributed by atoms with Crippen LogP contribution in [-0.2, 0) is 4.74 Å². The standard InChI is InChI=1S/C17H11N3O2.C6H4F2/c18-8-13-3-1-2-12(6-13)4-5-14-7-15(10-19-9-14)16-11-22-17(21)20-16;7-5-3-1-2-4-6(5)8/h1-3,6-7,9-10,16H,11H2,(H,20,21);1-4H/t16-;/m0./s1. The number of amides is 1. The zero-order valence-electron chi connectivity index (χ0n) is 15.6. The van der Waals surface area contributed by atoms with E-state index in [1.807, 2.05) is 12.1 Å². The Kier molecular flexibility index (Phi) is 6.70. The Morgan fingerprint density at radius 1 is 0.967 bits per heavy atom. The van der Waals surface area contributed by atoms with E-state index in [1.54, 1.807) is 30.6 Å². The molecular weight excluding hydrogens is 388 g/mol. The molecule has 30 heavy (non-hydrogen) atoms. The van der Waals surface area contributed by atoms with Gasteiger partial charge in [0.2, 0.25) is 0 Å². The Hall–Kier alpha value is -4.23. The van der Waals surface area contributed by atoms with E-state index in [-0.39, 0.29) is 6.04 Å². The van der Waals surface area contributed by atoms with Crippen LogP contribution in [0.5, 0.6) is 0 Å². The maximum atomic E-state index is 11.9. The number of ether oxygens (including phenoxy) is 1. The van der Waals surface area contributed by atoms with Crippen molar-refractivity contribution in [2.75, 3.05) is 6.61 Å². The number of hydrogen-bond acceptors (Lipinski definition) is 4. The number of carbonyl (C=O) groups excluding carboxylic acids is 1. The molecule has 1 aliphatic heterocycles. The van der Waals surface area contributed by atoms with Gasteiger partial charge in [-0.25, -0.2) is 13.6 Å². The lowest BCUT2D eigenvalue weighted by atomic mass is 10.1. The fraction of sp³-hybridized carbons (Fsp3) is 0.0870. The Labute approximate surface area is 172 Å². The van der Waals surface area contributed by atoms with Gasteiger partial charge in [-0.15, -0.1) is 0 Å². The molecule has 7 heteroatoms. The van der Waals surface area contributed by atoms with Gasteiger partial charge in [0, 0.05) is 23.5 Å². The first-order valence-electron chi connectivity index (χ1n) is 8.85. The van der Waals surface area contributed by atoms with E-state index in [0.29, 0.717) is 12.2 Å². The van der Waals surface area contributed by atoms with Gasteiger partial charge in [-0.05, 0) is 42.0 Å². The minimum absolute atomic E-state index is 0.191. The first-order chi connectivity index (χ1) is 14.5. The average molecular weight is 403 g/mol. The number of alkyl carbamates (subject to hydrolysis) is 1. The lowest BCUT2D eigenvalue weighted by molar-refractivity contribution is 0.177. The molecule has 0 bridgehead atoms. The summed E-state index contributed by atoms with van der Waals surface area (Å²) in [5, 5.41) is 11.6. The van der Waals surface area contributed by atoms with Crippen LogP contribution < -0.4 is 5.32 Å². The van der Waals surface area contributed by atoms with Crippen LogP contribution in [0.2, 0.25) is 0 Å². The molecule has 5 nitrogen and oxygen atoms in total. The van der Waals surface area contributed by atoms with Crippen LogP contribution in [0.3, 0.4) is 0 Å². The molecule has 1 fully saturated rings. The summed E-state index contributed by atoms with van der Waals surface area (Å²) in [6, 6.07) is 15.9. The lowest BCUT2D eigenvalue weighted by Crippen LogP contribution is -2.18. The second-order valence-electron chi connectivity index (χ2n) is 6.16. The summed E-state index contributed by atoms with van der Waals surface area (Å²) >= 11 is 0. The molecule has 1 amide bonds. The van der Waals surface area contributed by atoms with Gasteiger partial charge in [0.25, 0.3) is 0 Å². The van der Waals surface area contributed by atoms with Crippen molar-refractivity contribution in [2.45, 2.75) is 6.04 Å². The molecule has 148 valence electrons. The van der Waals surface area contributed by atoms with Crippen LogP contribution in [0.25, 0.3) is 0 Å². The fourth-order valence-corrected chi connectivity index (χ4v) is 2.53. The van der Waals surface area contributed by atoms with E-state index >= 15 is 0 Å². The fourth-order valence-electron chi connectivity index (χ4n) is 2.53. The molecule has 0 unspecified atom stereocenters. The minimum atomic E-state index is -0.799. The van der Waals surface area contributed by atoms with Gasteiger partial charge in [-0.1, -0.05) is 30.0 Å². The first-order valence-corrected chi connectivity index (χ1v) is 8.85. The van der Waals surface area contributed by atoms with Crippen molar-refractivity contribution in [1.29, 1.82) is 5.26 Å². The van der Waals surface area contributed by atoms with E-state index in [4.69, 9.17) is 10.00 Å². The van der Waals surface area contributed by atoms with Gasteiger partial charge in [-0.2, -0.15) is 5.26 Å². The van der Waals surface area contributed by atoms with Crippen LogP contribution in [0.1, 0.15) is 28.3 Å². The van der Waals surface area contributed by atoms with E-state index in [2.05, 4.69) is 28.2 Å². The number of carbonyl (C=O) groups is 1. The molecule has 4 rings (SSSR count). The summed E-state index contributed by atoms with van der Waals surface area (Å²) < 4.78 is 28.8. The van der Waals surface area contributed by atoms with Crippen molar-refractivity contribution in [3.8, 4) is 17.9 Å². The van der Waals surface area contributed by atoms with Crippen molar-refractivity contribution in [2.24, 2.45) is 0 Å². The number of pyridine rings is 1. The molecule has 0 aliphatic carbocycles. The molecule has 1 atom stereocenters. The number of aromatic nitrogens is 1. The maximum Gasteiger partial charge on any atom is 0.407 e. The molecule has 1 aliphatic rings. The Bertz CT molecular complexity index is 1140. The highest BCUT2D eigenvalue weighted by Gasteiger charge is 2.23. The largest absolute Gasteiger partial charge is 0.447 e. The highest BCUT2D eigenvalue weighted by atomic mass is 19.2. The van der Waals surface area contributed by atoms with Crippen molar-refractivity contribution in [3.63, 3.8) is 0 Å². The summed E-state index contributed by atoms with van der Waals surface area (Å²) in [7, 11) is 0. The SMILES string of the molecule is Fc1ccccc1F.N#Cc1cccc(C#Cc2cncc([C@@H]3COC(=O)N3)c2)c1. The topological polar surface area (TPSA) is 75.0 Å². The van der Waals surface area contributed by atoms with Gasteiger partial charge in [0.1, 0.15) is 6.61 Å². The van der Waals surface area contributed by atoms with Gasteiger partial charge in [0.05, 0.1) is 17.7 Å². The molecule has 2 heterocycles. The predicted octanol–water partition coefficient (Wildman–Crippen LogP) is 4.10. The lowest BCUT2D eigenvalue weighted by Gasteiger charge is -2.06. The summed E-state index contributed by atoms with van der Waals surface area (Å²) in [6.45, 7) is 0.293. The molecule has 0 radical (unpaired) electrons. The Balaban J connectivity index is 0.000000269. The highest BCUT2D eigenvalue weighted by molar-refractivity contribution is 5.70. The number of hydrogen-bond donors (Lipinski definition) is 1. The van der Waals surface area contributed by atoms with Gasteiger partial charge in [-0.3, -0.25) is 4.98 Å². The molecule has 3 aromatic rings.